The molecule has 2 aliphatic heterocycles. The van der Waals surface area contributed by atoms with Gasteiger partial charge in [-0.05, 0) is 12.1 Å². The number of hydrogen-bond acceptors (Lipinski definition) is 9. The molecule has 5 rings (SSSR count). The predicted molar refractivity (Wildman–Crippen MR) is 101 cm³/mol. The highest BCUT2D eigenvalue weighted by Crippen LogP contribution is 2.58. The molecule has 2 saturated heterocycles. The minimum Gasteiger partial charge on any atom is -0.385 e. The van der Waals surface area contributed by atoms with Gasteiger partial charge in [-0.15, -0.1) is 0 Å². The maximum Gasteiger partial charge on any atom is 0.488 e. The number of fused-ring (bicyclic) bond motifs is 2. The van der Waals surface area contributed by atoms with Gasteiger partial charge in [0.15, 0.2) is 29.3 Å². The molecular weight excluding hydrogens is 384 g/mol. The number of para-hydroxylation sites is 1. The van der Waals surface area contributed by atoms with Crippen LogP contribution in [0.25, 0.3) is 11.2 Å². The average Bonchev–Trinajstić information content (AvgIpc) is 3.24. The van der Waals surface area contributed by atoms with Crippen LogP contribution in [-0.2, 0) is 13.8 Å². The van der Waals surface area contributed by atoms with Crippen LogP contribution in [0.15, 0.2) is 43.0 Å². The second-order valence-corrected chi connectivity index (χ2v) is 8.12. The Morgan fingerprint density at radius 1 is 1.21 bits per heavy atom. The summed E-state index contributed by atoms with van der Waals surface area (Å²) in [5.41, 5.74) is 1.86. The standard InChI is InChI=1S/C16H16BN5O5P/c17-28(24)25-6-10-13(27-28)12(23)16(26-10)22-8-20-11-14(18-7-19-15(11)22)21-9-4-2-1-3-5-9/h1-5,7-8,10,12-13,16,23-24H,6H2,(H,18,19,21)/q+1/t10-,12?,13-,16-,28?/m1/s1. The van der Waals surface area contributed by atoms with Gasteiger partial charge in [-0.3, -0.25) is 4.57 Å². The Morgan fingerprint density at radius 2 is 2.04 bits per heavy atom. The summed E-state index contributed by atoms with van der Waals surface area (Å²) in [6, 6.07) is 9.56. The number of ether oxygens (including phenoxy) is 1. The molecule has 12 heteroatoms. The van der Waals surface area contributed by atoms with Gasteiger partial charge in [0.1, 0.15) is 25.1 Å². The van der Waals surface area contributed by atoms with Gasteiger partial charge >= 0.3 is 15.4 Å². The Bertz CT molecular complexity index is 1010. The van der Waals surface area contributed by atoms with Gasteiger partial charge in [0.2, 0.25) is 0 Å². The molecule has 0 spiro atoms. The highest BCUT2D eigenvalue weighted by atomic mass is 31.2. The molecule has 142 valence electrons. The van der Waals surface area contributed by atoms with Crippen molar-refractivity contribution >= 4 is 38.1 Å². The lowest BCUT2D eigenvalue weighted by Crippen LogP contribution is -2.40. The Kier molecular flexibility index (Phi) is 4.31. The normalized spacial score (nSPS) is 32.4. The lowest BCUT2D eigenvalue weighted by molar-refractivity contribution is -0.0603. The first-order chi connectivity index (χ1) is 13.5. The summed E-state index contributed by atoms with van der Waals surface area (Å²) in [5.74, 6) is 0.529. The summed E-state index contributed by atoms with van der Waals surface area (Å²) in [6.45, 7) is 0.0292. The Hall–Kier alpha value is -2.14. The minimum atomic E-state index is -3.44. The van der Waals surface area contributed by atoms with Crippen molar-refractivity contribution < 1.29 is 23.8 Å². The van der Waals surface area contributed by atoms with E-state index in [-0.39, 0.29) is 6.61 Å². The summed E-state index contributed by atoms with van der Waals surface area (Å²) in [7, 11) is 2.11. The van der Waals surface area contributed by atoms with E-state index in [0.29, 0.717) is 17.0 Å². The SMILES string of the molecule is [B][P+]1(O)OC[C@H]2O[C@@H](n3cnc4c(Nc5ccccc5)ncnc43)C(O)[C@@H]2O1. The van der Waals surface area contributed by atoms with E-state index < -0.39 is 32.4 Å². The van der Waals surface area contributed by atoms with Gasteiger partial charge in [-0.25, -0.2) is 19.8 Å². The molecule has 28 heavy (non-hydrogen) atoms. The first-order valence-corrected chi connectivity index (χ1v) is 10.2. The molecule has 0 saturated carbocycles. The molecule has 10 nitrogen and oxygen atoms in total. The van der Waals surface area contributed by atoms with E-state index in [0.717, 1.165) is 5.69 Å². The van der Waals surface area contributed by atoms with Crippen molar-refractivity contribution in [3.8, 4) is 0 Å². The van der Waals surface area contributed by atoms with Gasteiger partial charge in [0.05, 0.1) is 6.33 Å². The van der Waals surface area contributed by atoms with Crippen molar-refractivity contribution in [1.82, 2.24) is 19.5 Å². The van der Waals surface area contributed by atoms with E-state index in [1.165, 1.54) is 12.7 Å². The van der Waals surface area contributed by atoms with Crippen molar-refractivity contribution in [2.24, 2.45) is 0 Å². The van der Waals surface area contributed by atoms with Gasteiger partial charge in [0.25, 0.3) is 0 Å². The number of aliphatic hydroxyl groups excluding tert-OH is 1. The number of anilines is 2. The first kappa shape index (κ1) is 17.9. The topological polar surface area (TPSA) is 124 Å². The average molecular weight is 400 g/mol. The van der Waals surface area contributed by atoms with Crippen LogP contribution in [0.2, 0.25) is 0 Å². The van der Waals surface area contributed by atoms with Crippen LogP contribution < -0.4 is 5.32 Å². The highest BCUT2D eigenvalue weighted by Gasteiger charge is 2.56. The lowest BCUT2D eigenvalue weighted by atomic mass is 10.1. The summed E-state index contributed by atoms with van der Waals surface area (Å²) in [4.78, 5) is 22.8. The second kappa shape index (κ2) is 6.73. The third kappa shape index (κ3) is 3.06. The molecule has 3 N–H and O–H groups in total. The summed E-state index contributed by atoms with van der Waals surface area (Å²) in [6.07, 6.45) is -0.341. The number of benzene rings is 1. The quantitative estimate of drug-likeness (QED) is 0.438. The van der Waals surface area contributed by atoms with Crippen molar-refractivity contribution in [2.45, 2.75) is 24.5 Å². The van der Waals surface area contributed by atoms with E-state index in [1.54, 1.807) is 4.57 Å². The Morgan fingerprint density at radius 3 is 2.86 bits per heavy atom. The van der Waals surface area contributed by atoms with Crippen LogP contribution in [0, 0.1) is 0 Å². The smallest absolute Gasteiger partial charge is 0.385 e. The van der Waals surface area contributed by atoms with Crippen molar-refractivity contribution in [1.29, 1.82) is 0 Å². The number of nitrogens with zero attached hydrogens (tertiary/aromatic N) is 4. The van der Waals surface area contributed by atoms with Crippen molar-refractivity contribution in [3.63, 3.8) is 0 Å². The van der Waals surface area contributed by atoms with Crippen LogP contribution in [-0.4, -0.2) is 62.0 Å². The second-order valence-electron chi connectivity index (χ2n) is 6.52. The zero-order valence-electron chi connectivity index (χ0n) is 14.5. The maximum absolute atomic E-state index is 10.7. The van der Waals surface area contributed by atoms with Crippen LogP contribution in [0.3, 0.4) is 0 Å². The minimum absolute atomic E-state index is 0.0292. The van der Waals surface area contributed by atoms with Crippen LogP contribution in [0.1, 0.15) is 6.23 Å². The van der Waals surface area contributed by atoms with Gasteiger partial charge < -0.3 is 15.2 Å². The molecule has 0 amide bonds. The maximum atomic E-state index is 10.7. The first-order valence-electron chi connectivity index (χ1n) is 8.58. The molecule has 2 fully saturated rings. The number of imidazole rings is 1. The fourth-order valence-electron chi connectivity index (χ4n) is 3.39. The van der Waals surface area contributed by atoms with Gasteiger partial charge in [0, 0.05) is 5.69 Å². The summed E-state index contributed by atoms with van der Waals surface area (Å²) >= 11 is 0. The monoisotopic (exact) mass is 400 g/mol. The number of aromatic nitrogens is 4. The van der Waals surface area contributed by atoms with Gasteiger partial charge in [-0.2, -0.15) is 9.05 Å². The van der Waals surface area contributed by atoms with Crippen LogP contribution in [0.4, 0.5) is 11.5 Å². The van der Waals surface area contributed by atoms with E-state index in [9.17, 15) is 10.00 Å². The zero-order chi connectivity index (χ0) is 19.3. The van der Waals surface area contributed by atoms with Gasteiger partial charge in [-0.1, -0.05) is 18.2 Å². The third-order valence-corrected chi connectivity index (χ3v) is 5.74. The Balaban J connectivity index is 1.47. The molecule has 2 aliphatic rings. The highest BCUT2D eigenvalue weighted by molar-refractivity contribution is 7.85. The van der Waals surface area contributed by atoms with E-state index in [2.05, 4.69) is 20.3 Å². The number of hydrogen-bond donors (Lipinski definition) is 3. The number of nitrogens with one attached hydrogen (secondary N) is 1. The summed E-state index contributed by atoms with van der Waals surface area (Å²) < 4.78 is 17.9. The van der Waals surface area contributed by atoms with E-state index in [1.807, 2.05) is 30.3 Å². The summed E-state index contributed by atoms with van der Waals surface area (Å²) in [5, 5.41) is 13.9. The number of aliphatic hydroxyl groups is 1. The van der Waals surface area contributed by atoms with E-state index >= 15 is 0 Å². The molecular formula is C16H16BN5O5P+. The van der Waals surface area contributed by atoms with Crippen LogP contribution >= 0.6 is 7.82 Å². The fraction of sp³-hybridized carbons (Fsp3) is 0.312. The largest absolute Gasteiger partial charge is 0.488 e. The van der Waals surface area contributed by atoms with Crippen molar-refractivity contribution in [3.05, 3.63) is 43.0 Å². The van der Waals surface area contributed by atoms with Crippen molar-refractivity contribution in [2.75, 3.05) is 11.9 Å². The zero-order valence-corrected chi connectivity index (χ0v) is 15.4. The molecule has 5 atom stereocenters. The fourth-order valence-corrected chi connectivity index (χ4v) is 4.42. The van der Waals surface area contributed by atoms with E-state index in [4.69, 9.17) is 21.4 Å². The molecule has 3 aromatic rings. The molecule has 2 unspecified atom stereocenters. The predicted octanol–water partition coefficient (Wildman–Crippen LogP) is 1.08. The lowest BCUT2D eigenvalue weighted by Gasteiger charge is -2.27. The third-order valence-electron chi connectivity index (χ3n) is 4.68. The molecule has 2 aromatic heterocycles. The molecule has 4 heterocycles. The Labute approximate surface area is 161 Å². The molecule has 0 bridgehead atoms. The van der Waals surface area contributed by atoms with Crippen LogP contribution in [0.5, 0.6) is 0 Å². The molecule has 1 aromatic carbocycles. The number of rotatable bonds is 3. The molecule has 0 aliphatic carbocycles. The molecule has 2 radical (unpaired) electrons.